The second kappa shape index (κ2) is 10.0. The fourth-order valence-corrected chi connectivity index (χ4v) is 4.33. The molecule has 0 saturated heterocycles. The van der Waals surface area contributed by atoms with Crippen molar-refractivity contribution in [1.29, 1.82) is 0 Å². The SMILES string of the molecule is COC(CO[PH](=O)Oc1ccccc1)[C@@H](O)[C@H](C)n1cnc2c(N(C)C3CC3)nc(N)nc21. The standard InChI is InChI=1S/C21H29N6O5P/c1-13(18(28)16(30-3)11-31-33(29)32-15-7-5-4-6-8-15)27-12-23-17-19(26(2)14-9-10-14)24-21(22)25-20(17)27/h4-8,12-14,16,18,28,33H,9-11H2,1-3H3,(H2,22,24,25)/t13-,16?,18-/m0/s1. The molecular weight excluding hydrogens is 447 g/mol. The summed E-state index contributed by atoms with van der Waals surface area (Å²) in [4.78, 5) is 15.3. The molecule has 1 fully saturated rings. The lowest BCUT2D eigenvalue weighted by atomic mass is 10.1. The average Bonchev–Trinajstić information content (AvgIpc) is 3.58. The molecule has 0 bridgehead atoms. The van der Waals surface area contributed by atoms with Crippen molar-refractivity contribution in [1.82, 2.24) is 19.5 Å². The van der Waals surface area contributed by atoms with Gasteiger partial charge in [0.05, 0.1) is 19.0 Å². The summed E-state index contributed by atoms with van der Waals surface area (Å²) in [6.07, 6.45) is 2.03. The first-order valence-corrected chi connectivity index (χ1v) is 11.9. The maximum Gasteiger partial charge on any atom is 0.367 e. The number of nitrogens with zero attached hydrogens (tertiary/aromatic N) is 5. The van der Waals surface area contributed by atoms with E-state index in [2.05, 4.69) is 19.9 Å². The van der Waals surface area contributed by atoms with Crippen molar-refractivity contribution < 1.29 is 23.5 Å². The monoisotopic (exact) mass is 476 g/mol. The molecule has 2 heterocycles. The van der Waals surface area contributed by atoms with Crippen molar-refractivity contribution in [2.24, 2.45) is 0 Å². The maximum absolute atomic E-state index is 12.2. The Morgan fingerprint density at radius 2 is 2.03 bits per heavy atom. The van der Waals surface area contributed by atoms with Crippen LogP contribution in [0.5, 0.6) is 5.75 Å². The molecule has 178 valence electrons. The quantitative estimate of drug-likeness (QED) is 0.397. The van der Waals surface area contributed by atoms with Crippen LogP contribution in [0.15, 0.2) is 36.7 Å². The highest BCUT2D eigenvalue weighted by Crippen LogP contribution is 2.34. The number of para-hydroxylation sites is 1. The minimum Gasteiger partial charge on any atom is -0.426 e. The largest absolute Gasteiger partial charge is 0.426 e. The predicted molar refractivity (Wildman–Crippen MR) is 125 cm³/mol. The number of benzene rings is 1. The lowest BCUT2D eigenvalue weighted by molar-refractivity contribution is -0.0539. The lowest BCUT2D eigenvalue weighted by Gasteiger charge is -2.27. The number of aromatic nitrogens is 4. The van der Waals surface area contributed by atoms with Gasteiger partial charge in [0.15, 0.2) is 17.0 Å². The van der Waals surface area contributed by atoms with Crippen LogP contribution in [-0.2, 0) is 13.8 Å². The number of ether oxygens (including phenoxy) is 1. The van der Waals surface area contributed by atoms with Gasteiger partial charge >= 0.3 is 8.25 Å². The molecule has 12 heteroatoms. The molecule has 4 rings (SSSR count). The van der Waals surface area contributed by atoms with Crippen LogP contribution in [0.25, 0.3) is 11.2 Å². The molecular formula is C21H29N6O5P. The van der Waals surface area contributed by atoms with Gasteiger partial charge in [0.2, 0.25) is 5.95 Å². The number of aliphatic hydroxyl groups is 1. The molecule has 0 spiro atoms. The van der Waals surface area contributed by atoms with Gasteiger partial charge in [-0.2, -0.15) is 9.97 Å². The number of anilines is 2. The second-order valence-electron chi connectivity index (χ2n) is 8.05. The minimum atomic E-state index is -2.82. The van der Waals surface area contributed by atoms with E-state index in [1.54, 1.807) is 35.2 Å². The first-order chi connectivity index (χ1) is 15.9. The van der Waals surface area contributed by atoms with Crippen molar-refractivity contribution in [2.75, 3.05) is 31.4 Å². The highest BCUT2D eigenvalue weighted by Gasteiger charge is 2.32. The number of fused-ring (bicyclic) bond motifs is 1. The Labute approximate surface area is 192 Å². The Balaban J connectivity index is 1.47. The van der Waals surface area contributed by atoms with Crippen LogP contribution < -0.4 is 15.2 Å². The Morgan fingerprint density at radius 1 is 1.30 bits per heavy atom. The van der Waals surface area contributed by atoms with Gasteiger partial charge in [0.25, 0.3) is 0 Å². The smallest absolute Gasteiger partial charge is 0.367 e. The van der Waals surface area contributed by atoms with Gasteiger partial charge in [-0.05, 0) is 31.9 Å². The molecule has 0 aliphatic heterocycles. The first kappa shape index (κ1) is 23.4. The number of hydrogen-bond acceptors (Lipinski definition) is 10. The summed E-state index contributed by atoms with van der Waals surface area (Å²) in [5.41, 5.74) is 7.11. The zero-order valence-corrected chi connectivity index (χ0v) is 19.8. The predicted octanol–water partition coefficient (Wildman–Crippen LogP) is 2.43. The highest BCUT2D eigenvalue weighted by atomic mass is 31.1. The molecule has 0 radical (unpaired) electrons. The normalized spacial score (nSPS) is 17.5. The molecule has 1 aliphatic rings. The number of methoxy groups -OCH3 is 1. The number of imidazole rings is 1. The van der Waals surface area contributed by atoms with Gasteiger partial charge in [-0.15, -0.1) is 0 Å². The Kier molecular flexibility index (Phi) is 7.14. The Hall–Kier alpha value is -2.72. The van der Waals surface area contributed by atoms with Crippen LogP contribution in [0.3, 0.4) is 0 Å². The van der Waals surface area contributed by atoms with E-state index in [0.29, 0.717) is 28.8 Å². The molecule has 3 N–H and O–H groups in total. The van der Waals surface area contributed by atoms with Crippen molar-refractivity contribution in [2.45, 2.75) is 44.1 Å². The van der Waals surface area contributed by atoms with Crippen molar-refractivity contribution in [3.8, 4) is 5.75 Å². The number of nitrogens with two attached hydrogens (primary N) is 1. The fourth-order valence-electron chi connectivity index (χ4n) is 3.64. The molecule has 1 aliphatic carbocycles. The van der Waals surface area contributed by atoms with E-state index in [1.807, 2.05) is 20.0 Å². The third kappa shape index (κ3) is 5.27. The molecule has 3 aromatic rings. The first-order valence-electron chi connectivity index (χ1n) is 10.7. The van der Waals surface area contributed by atoms with E-state index in [0.717, 1.165) is 12.8 Å². The summed E-state index contributed by atoms with van der Waals surface area (Å²) in [7, 11) is 0.601. The maximum atomic E-state index is 12.2. The van der Waals surface area contributed by atoms with Crippen LogP contribution in [0.2, 0.25) is 0 Å². The van der Waals surface area contributed by atoms with Gasteiger partial charge < -0.3 is 29.6 Å². The molecule has 1 saturated carbocycles. The molecule has 4 atom stereocenters. The van der Waals surface area contributed by atoms with E-state index < -0.39 is 26.5 Å². The summed E-state index contributed by atoms with van der Waals surface area (Å²) in [6.45, 7) is 1.69. The Morgan fingerprint density at radius 3 is 2.70 bits per heavy atom. The fraction of sp³-hybridized carbons (Fsp3) is 0.476. The van der Waals surface area contributed by atoms with Gasteiger partial charge in [-0.3, -0.25) is 4.52 Å². The highest BCUT2D eigenvalue weighted by molar-refractivity contribution is 7.33. The number of nitrogen functional groups attached to an aromatic ring is 1. The van der Waals surface area contributed by atoms with Gasteiger partial charge in [-0.1, -0.05) is 18.2 Å². The van der Waals surface area contributed by atoms with Crippen LogP contribution >= 0.6 is 8.25 Å². The number of hydrogen-bond donors (Lipinski definition) is 2. The zero-order chi connectivity index (χ0) is 23.5. The summed E-state index contributed by atoms with van der Waals surface area (Å²) in [5, 5.41) is 11.0. The summed E-state index contributed by atoms with van der Waals surface area (Å²) in [5.74, 6) is 1.25. The second-order valence-corrected chi connectivity index (χ2v) is 9.05. The van der Waals surface area contributed by atoms with E-state index in [-0.39, 0.29) is 12.6 Å². The molecule has 0 amide bonds. The van der Waals surface area contributed by atoms with Gasteiger partial charge in [0, 0.05) is 20.2 Å². The molecule has 33 heavy (non-hydrogen) atoms. The van der Waals surface area contributed by atoms with Gasteiger partial charge in [0.1, 0.15) is 18.0 Å². The zero-order valence-electron chi connectivity index (χ0n) is 18.8. The summed E-state index contributed by atoms with van der Waals surface area (Å²) >= 11 is 0. The average molecular weight is 476 g/mol. The number of aliphatic hydroxyl groups excluding tert-OH is 1. The van der Waals surface area contributed by atoms with E-state index in [9.17, 15) is 9.67 Å². The van der Waals surface area contributed by atoms with E-state index in [1.165, 1.54) is 7.11 Å². The topological polar surface area (TPSA) is 138 Å². The van der Waals surface area contributed by atoms with Crippen molar-refractivity contribution in [3.05, 3.63) is 36.7 Å². The lowest BCUT2D eigenvalue weighted by Crippen LogP contribution is -2.38. The third-order valence-electron chi connectivity index (χ3n) is 5.78. The van der Waals surface area contributed by atoms with Crippen molar-refractivity contribution in [3.63, 3.8) is 0 Å². The van der Waals surface area contributed by atoms with Gasteiger partial charge in [-0.25, -0.2) is 9.55 Å². The third-order valence-corrected chi connectivity index (χ3v) is 6.58. The van der Waals surface area contributed by atoms with Crippen molar-refractivity contribution >= 4 is 31.2 Å². The number of rotatable bonds is 11. The van der Waals surface area contributed by atoms with Crippen LogP contribution in [0.4, 0.5) is 11.8 Å². The summed E-state index contributed by atoms with van der Waals surface area (Å²) < 4.78 is 30.0. The van der Waals surface area contributed by atoms with E-state index in [4.69, 9.17) is 19.5 Å². The molecule has 2 unspecified atom stereocenters. The molecule has 2 aromatic heterocycles. The summed E-state index contributed by atoms with van der Waals surface area (Å²) in [6, 6.07) is 8.67. The van der Waals surface area contributed by atoms with Crippen LogP contribution in [0.1, 0.15) is 25.8 Å². The Bertz CT molecular complexity index is 1110. The van der Waals surface area contributed by atoms with Crippen LogP contribution in [-0.4, -0.2) is 63.6 Å². The van der Waals surface area contributed by atoms with E-state index >= 15 is 0 Å². The molecule has 1 aromatic carbocycles. The minimum absolute atomic E-state index is 0.119. The van der Waals surface area contributed by atoms with Crippen LogP contribution in [0, 0.1) is 0 Å². The molecule has 11 nitrogen and oxygen atoms in total.